The fourth-order valence-corrected chi connectivity index (χ4v) is 7.13. The number of nitrogens with one attached hydrogen (secondary N) is 1. The van der Waals surface area contributed by atoms with Gasteiger partial charge in [0.15, 0.2) is 18.9 Å². The third kappa shape index (κ3) is 13.9. The van der Waals surface area contributed by atoms with Crippen LogP contribution in [0.2, 0.25) is 0 Å². The van der Waals surface area contributed by atoms with Crippen LogP contribution in [-0.2, 0) is 33.2 Å². The van der Waals surface area contributed by atoms with Gasteiger partial charge >= 0.3 is 0 Å². The molecule has 3 aliphatic heterocycles. The Morgan fingerprint density at radius 1 is 0.571 bits per heavy atom. The molecule has 0 bridgehead atoms. The number of carbonyl (C=O) groups is 1. The molecule has 3 fully saturated rings. The van der Waals surface area contributed by atoms with Gasteiger partial charge in [-0.05, 0) is 12.8 Å². The molecule has 3 saturated heterocycles. The standard InChI is InChI=1S/C37H69NO18/c1-3-5-7-9-10-11-13-15-25(43)38-20(21(42)14-12-8-6-4-2)19-51-35-31(49)28(46)33(23(17-40)53-35)56-37-32(50)29(47)34(24(18-41)54-37)55-36-30(48)27(45)26(44)22(16-39)52-36/h20-24,26-37,39-42,44-50H,3-19H2,1-2H3,(H,38,43). The maximum atomic E-state index is 12.9. The van der Waals surface area contributed by atoms with Gasteiger partial charge in [0.2, 0.25) is 5.91 Å². The second-order valence-electron chi connectivity index (χ2n) is 15.1. The Labute approximate surface area is 328 Å². The van der Waals surface area contributed by atoms with Crippen molar-refractivity contribution in [2.24, 2.45) is 0 Å². The lowest BCUT2D eigenvalue weighted by molar-refractivity contribution is -0.379. The van der Waals surface area contributed by atoms with Crippen LogP contribution in [0, 0.1) is 0 Å². The molecule has 17 atom stereocenters. The van der Waals surface area contributed by atoms with Gasteiger partial charge in [-0.25, -0.2) is 0 Å². The maximum absolute atomic E-state index is 12.9. The Morgan fingerprint density at radius 2 is 1.02 bits per heavy atom. The van der Waals surface area contributed by atoms with Crippen LogP contribution in [-0.4, -0.2) is 193 Å². The molecule has 0 aromatic rings. The molecule has 3 heterocycles. The Kier molecular flexibility index (Phi) is 22.3. The van der Waals surface area contributed by atoms with Gasteiger partial charge in [-0.15, -0.1) is 0 Å². The molecule has 17 unspecified atom stereocenters. The van der Waals surface area contributed by atoms with Crippen molar-refractivity contribution >= 4 is 5.91 Å². The quantitative estimate of drug-likeness (QED) is 0.0421. The second-order valence-corrected chi connectivity index (χ2v) is 15.1. The van der Waals surface area contributed by atoms with Crippen LogP contribution in [0.5, 0.6) is 0 Å². The molecule has 0 spiro atoms. The smallest absolute Gasteiger partial charge is 0.220 e. The summed E-state index contributed by atoms with van der Waals surface area (Å²) in [4.78, 5) is 12.9. The summed E-state index contributed by atoms with van der Waals surface area (Å²) in [6.07, 6.45) is -14.9. The molecule has 19 nitrogen and oxygen atoms in total. The number of aliphatic hydroxyl groups excluding tert-OH is 11. The molecular formula is C37H69NO18. The fourth-order valence-electron chi connectivity index (χ4n) is 7.13. The lowest BCUT2D eigenvalue weighted by Crippen LogP contribution is -2.66. The largest absolute Gasteiger partial charge is 0.394 e. The minimum Gasteiger partial charge on any atom is -0.394 e. The van der Waals surface area contributed by atoms with Gasteiger partial charge in [0.25, 0.3) is 0 Å². The van der Waals surface area contributed by atoms with E-state index in [1.54, 1.807) is 0 Å². The Bertz CT molecular complexity index is 1070. The molecule has 0 aromatic heterocycles. The van der Waals surface area contributed by atoms with Gasteiger partial charge in [0.1, 0.15) is 73.2 Å². The SMILES string of the molecule is CCCCCCCCCC(=O)NC(COC1OC(CO)C(OC2OC(CO)C(OC3OC(CO)C(O)C(O)C3O)C(O)C2O)C(O)C1O)C(O)CCCCCC. The number of ether oxygens (including phenoxy) is 6. The first-order valence-electron chi connectivity index (χ1n) is 20.3. The molecular weight excluding hydrogens is 746 g/mol. The van der Waals surface area contributed by atoms with Crippen LogP contribution in [0.4, 0.5) is 0 Å². The molecule has 56 heavy (non-hydrogen) atoms. The highest BCUT2D eigenvalue weighted by atomic mass is 16.8. The van der Waals surface area contributed by atoms with Gasteiger partial charge < -0.3 is 89.9 Å². The summed E-state index contributed by atoms with van der Waals surface area (Å²) < 4.78 is 33.8. The van der Waals surface area contributed by atoms with E-state index in [2.05, 4.69) is 19.2 Å². The van der Waals surface area contributed by atoms with Crippen molar-refractivity contribution in [2.45, 2.75) is 202 Å². The number of unbranched alkanes of at least 4 members (excludes halogenated alkanes) is 9. The summed E-state index contributed by atoms with van der Waals surface area (Å²) in [6, 6.07) is -0.871. The van der Waals surface area contributed by atoms with Gasteiger partial charge in [0, 0.05) is 6.42 Å². The Hall–Kier alpha value is -1.21. The van der Waals surface area contributed by atoms with E-state index >= 15 is 0 Å². The van der Waals surface area contributed by atoms with Crippen molar-refractivity contribution in [1.29, 1.82) is 0 Å². The molecule has 330 valence electrons. The van der Waals surface area contributed by atoms with Crippen LogP contribution in [0.1, 0.15) is 97.3 Å². The van der Waals surface area contributed by atoms with Crippen LogP contribution in [0.15, 0.2) is 0 Å². The molecule has 0 saturated carbocycles. The third-order valence-electron chi connectivity index (χ3n) is 10.7. The first kappa shape index (κ1) is 49.2. The van der Waals surface area contributed by atoms with Gasteiger partial charge in [0.05, 0.1) is 38.6 Å². The van der Waals surface area contributed by atoms with E-state index in [0.29, 0.717) is 19.3 Å². The molecule has 19 heteroatoms. The number of carbonyl (C=O) groups excluding carboxylic acids is 1. The molecule has 3 rings (SSSR count). The summed E-state index contributed by atoms with van der Waals surface area (Å²) in [7, 11) is 0. The minimum atomic E-state index is -1.96. The van der Waals surface area contributed by atoms with E-state index in [0.717, 1.165) is 51.4 Å². The zero-order valence-corrected chi connectivity index (χ0v) is 32.6. The first-order valence-corrected chi connectivity index (χ1v) is 20.3. The number of aliphatic hydroxyl groups is 11. The molecule has 3 aliphatic rings. The average Bonchev–Trinajstić information content (AvgIpc) is 3.19. The zero-order valence-electron chi connectivity index (χ0n) is 32.6. The van der Waals surface area contributed by atoms with E-state index < -0.39 is 124 Å². The predicted octanol–water partition coefficient (Wildman–Crippen LogP) is -2.59. The van der Waals surface area contributed by atoms with Crippen molar-refractivity contribution in [3.63, 3.8) is 0 Å². The van der Waals surface area contributed by atoms with Crippen LogP contribution >= 0.6 is 0 Å². The van der Waals surface area contributed by atoms with Gasteiger partial charge in [-0.3, -0.25) is 4.79 Å². The Morgan fingerprint density at radius 3 is 1.55 bits per heavy atom. The Balaban J connectivity index is 1.62. The van der Waals surface area contributed by atoms with Gasteiger partial charge in [-0.1, -0.05) is 78.1 Å². The fraction of sp³-hybridized carbons (Fsp3) is 0.973. The summed E-state index contributed by atoms with van der Waals surface area (Å²) in [5.41, 5.74) is 0. The molecule has 12 N–H and O–H groups in total. The van der Waals surface area contributed by atoms with Crippen LogP contribution in [0.3, 0.4) is 0 Å². The van der Waals surface area contributed by atoms with Crippen molar-refractivity contribution in [1.82, 2.24) is 5.32 Å². The summed E-state index contributed by atoms with van der Waals surface area (Å²) in [6.45, 7) is 1.52. The molecule has 0 aromatic carbocycles. The highest BCUT2D eigenvalue weighted by Gasteiger charge is 2.53. The predicted molar refractivity (Wildman–Crippen MR) is 194 cm³/mol. The van der Waals surface area contributed by atoms with Crippen molar-refractivity contribution in [2.75, 3.05) is 26.4 Å². The summed E-state index contributed by atoms with van der Waals surface area (Å²) >= 11 is 0. The number of hydrogen-bond donors (Lipinski definition) is 12. The summed E-state index contributed by atoms with van der Waals surface area (Å²) in [5, 5.41) is 118. The van der Waals surface area contributed by atoms with Gasteiger partial charge in [-0.2, -0.15) is 0 Å². The van der Waals surface area contributed by atoms with E-state index in [9.17, 15) is 61.0 Å². The normalized spacial score (nSPS) is 37.6. The molecule has 0 radical (unpaired) electrons. The van der Waals surface area contributed by atoms with Crippen LogP contribution < -0.4 is 5.32 Å². The second kappa shape index (κ2) is 25.4. The van der Waals surface area contributed by atoms with Crippen molar-refractivity contribution < 1.29 is 89.4 Å². The van der Waals surface area contributed by atoms with E-state index in [4.69, 9.17) is 28.4 Å². The summed E-state index contributed by atoms with van der Waals surface area (Å²) in [5.74, 6) is -0.262. The highest BCUT2D eigenvalue weighted by molar-refractivity contribution is 5.76. The lowest BCUT2D eigenvalue weighted by Gasteiger charge is -2.48. The topological polar surface area (TPSA) is 307 Å². The number of hydrogen-bond acceptors (Lipinski definition) is 18. The lowest BCUT2D eigenvalue weighted by atomic mass is 9.96. The third-order valence-corrected chi connectivity index (χ3v) is 10.7. The monoisotopic (exact) mass is 815 g/mol. The molecule has 0 aliphatic carbocycles. The molecule has 1 amide bonds. The van der Waals surface area contributed by atoms with E-state index in [1.165, 1.54) is 6.42 Å². The van der Waals surface area contributed by atoms with Crippen molar-refractivity contribution in [3.8, 4) is 0 Å². The number of amides is 1. The first-order chi connectivity index (χ1) is 26.8. The zero-order chi connectivity index (χ0) is 41.4. The van der Waals surface area contributed by atoms with E-state index in [-0.39, 0.29) is 18.9 Å². The maximum Gasteiger partial charge on any atom is 0.220 e. The highest BCUT2D eigenvalue weighted by Crippen LogP contribution is 2.33. The van der Waals surface area contributed by atoms with Crippen molar-refractivity contribution in [3.05, 3.63) is 0 Å². The van der Waals surface area contributed by atoms with Crippen LogP contribution in [0.25, 0.3) is 0 Å². The van der Waals surface area contributed by atoms with E-state index in [1.807, 2.05) is 0 Å². The average molecular weight is 816 g/mol. The minimum absolute atomic E-state index is 0.262. The number of rotatable bonds is 25.